The summed E-state index contributed by atoms with van der Waals surface area (Å²) in [4.78, 5) is 0. The van der Waals surface area contributed by atoms with Gasteiger partial charge in [-0.05, 0) is 62.2 Å². The van der Waals surface area contributed by atoms with Gasteiger partial charge in [0, 0.05) is 0 Å². The van der Waals surface area contributed by atoms with Gasteiger partial charge in [-0.1, -0.05) is 91.9 Å². The quantitative estimate of drug-likeness (QED) is 0.217. The Bertz CT molecular complexity index is 331. The molecule has 160 valence electrons. The van der Waals surface area contributed by atoms with Gasteiger partial charge in [-0.15, -0.1) is 0 Å². The topological polar surface area (TPSA) is 9.23 Å². The Labute approximate surface area is 171 Å². The second-order valence-corrected chi connectivity index (χ2v) is 10.2. The Morgan fingerprint density at radius 3 is 1.33 bits per heavy atom. The molecule has 1 nitrogen and oxygen atoms in total. The van der Waals surface area contributed by atoms with Gasteiger partial charge in [0.05, 0.1) is 12.2 Å². The molecule has 2 aliphatic rings. The van der Waals surface area contributed by atoms with Crippen LogP contribution in [-0.2, 0) is 4.74 Å². The number of rotatable bonds is 18. The van der Waals surface area contributed by atoms with Crippen LogP contribution in [-0.4, -0.2) is 12.2 Å². The normalized spacial score (nSPS) is 28.9. The molecule has 0 bridgehead atoms. The highest BCUT2D eigenvalue weighted by Crippen LogP contribution is 2.45. The minimum Gasteiger partial charge on any atom is -0.375 e. The van der Waals surface area contributed by atoms with Crippen molar-refractivity contribution >= 4 is 0 Å². The number of hydrogen-bond acceptors (Lipinski definition) is 1. The van der Waals surface area contributed by atoms with Gasteiger partial charge in [0.15, 0.2) is 0 Å². The lowest BCUT2D eigenvalue weighted by Gasteiger charge is -2.26. The van der Waals surface area contributed by atoms with Crippen LogP contribution in [0.4, 0.5) is 0 Å². The molecule has 0 amide bonds. The standard InChI is InChI=1S/C26H50O/c1-5-7-9-11-13-15-25(19-23-17-21(23)3)27-26(20-24-18-22(24)4)16-14-12-10-8-6-2/h21-26H,5-20H2,1-4H3. The molecule has 0 N–H and O–H groups in total. The zero-order chi connectivity index (χ0) is 19.5. The summed E-state index contributed by atoms with van der Waals surface area (Å²) in [5.74, 6) is 3.87. The molecular formula is C26H50O. The average molecular weight is 379 g/mol. The smallest absolute Gasteiger partial charge is 0.0581 e. The van der Waals surface area contributed by atoms with E-state index in [1.165, 1.54) is 103 Å². The van der Waals surface area contributed by atoms with Crippen molar-refractivity contribution in [1.82, 2.24) is 0 Å². The van der Waals surface area contributed by atoms with Crippen LogP contribution in [0.15, 0.2) is 0 Å². The van der Waals surface area contributed by atoms with E-state index in [2.05, 4.69) is 27.7 Å². The van der Waals surface area contributed by atoms with Gasteiger partial charge >= 0.3 is 0 Å². The summed E-state index contributed by atoms with van der Waals surface area (Å²) in [7, 11) is 0. The van der Waals surface area contributed by atoms with E-state index in [4.69, 9.17) is 4.74 Å². The molecule has 0 aromatic heterocycles. The van der Waals surface area contributed by atoms with Crippen molar-refractivity contribution in [2.24, 2.45) is 23.7 Å². The van der Waals surface area contributed by atoms with Crippen LogP contribution >= 0.6 is 0 Å². The minimum atomic E-state index is 0.552. The predicted molar refractivity (Wildman–Crippen MR) is 119 cm³/mol. The van der Waals surface area contributed by atoms with Crippen LogP contribution in [0.2, 0.25) is 0 Å². The van der Waals surface area contributed by atoms with E-state index in [9.17, 15) is 0 Å². The maximum absolute atomic E-state index is 6.86. The summed E-state index contributed by atoms with van der Waals surface area (Å²) < 4.78 is 6.86. The molecule has 0 spiro atoms. The second-order valence-electron chi connectivity index (χ2n) is 10.2. The van der Waals surface area contributed by atoms with Crippen LogP contribution in [0.3, 0.4) is 0 Å². The average Bonchev–Trinajstić information content (AvgIpc) is 3.53. The van der Waals surface area contributed by atoms with Crippen LogP contribution in [0.25, 0.3) is 0 Å². The molecule has 2 fully saturated rings. The molecule has 0 aliphatic heterocycles. The SMILES string of the molecule is CCCCCCCC(CC1CC1C)OC(CCCCCCC)CC1CC1C. The first-order chi connectivity index (χ1) is 13.1. The van der Waals surface area contributed by atoms with Crippen LogP contribution in [0, 0.1) is 23.7 Å². The van der Waals surface area contributed by atoms with Gasteiger partial charge < -0.3 is 4.74 Å². The second kappa shape index (κ2) is 13.2. The summed E-state index contributed by atoms with van der Waals surface area (Å²) >= 11 is 0. The monoisotopic (exact) mass is 378 g/mol. The van der Waals surface area contributed by atoms with Crippen LogP contribution in [0.1, 0.15) is 130 Å². The van der Waals surface area contributed by atoms with Crippen LogP contribution in [0.5, 0.6) is 0 Å². The third-order valence-electron chi connectivity index (χ3n) is 7.33. The highest BCUT2D eigenvalue weighted by Gasteiger charge is 2.37. The van der Waals surface area contributed by atoms with E-state index in [0.717, 1.165) is 23.7 Å². The maximum Gasteiger partial charge on any atom is 0.0581 e. The van der Waals surface area contributed by atoms with E-state index in [1.807, 2.05) is 0 Å². The van der Waals surface area contributed by atoms with Crippen molar-refractivity contribution in [3.8, 4) is 0 Å². The summed E-state index contributed by atoms with van der Waals surface area (Å²) in [6.07, 6.45) is 23.3. The van der Waals surface area contributed by atoms with E-state index in [1.54, 1.807) is 0 Å². The van der Waals surface area contributed by atoms with Gasteiger partial charge in [0.2, 0.25) is 0 Å². The van der Waals surface area contributed by atoms with Gasteiger partial charge in [-0.3, -0.25) is 0 Å². The Morgan fingerprint density at radius 1 is 0.630 bits per heavy atom. The van der Waals surface area contributed by atoms with E-state index in [0.29, 0.717) is 12.2 Å². The van der Waals surface area contributed by atoms with Crippen molar-refractivity contribution in [1.29, 1.82) is 0 Å². The molecule has 2 rings (SSSR count). The summed E-state index contributed by atoms with van der Waals surface area (Å²) in [6.45, 7) is 9.48. The van der Waals surface area contributed by atoms with E-state index in [-0.39, 0.29) is 0 Å². The molecule has 2 aliphatic carbocycles. The Hall–Kier alpha value is -0.0400. The molecule has 0 saturated heterocycles. The minimum absolute atomic E-state index is 0.552. The summed E-state index contributed by atoms with van der Waals surface area (Å²) in [5, 5.41) is 0. The molecule has 27 heavy (non-hydrogen) atoms. The van der Waals surface area contributed by atoms with Crippen molar-refractivity contribution in [2.45, 2.75) is 143 Å². The molecule has 0 aromatic carbocycles. The fraction of sp³-hybridized carbons (Fsp3) is 1.00. The Balaban J connectivity index is 1.75. The van der Waals surface area contributed by atoms with Crippen molar-refractivity contribution < 1.29 is 4.74 Å². The third kappa shape index (κ3) is 10.3. The molecular weight excluding hydrogens is 328 g/mol. The van der Waals surface area contributed by atoms with Crippen molar-refractivity contribution in [3.63, 3.8) is 0 Å². The molecule has 0 heterocycles. The fourth-order valence-corrected chi connectivity index (χ4v) is 4.84. The first-order valence-electron chi connectivity index (χ1n) is 12.8. The lowest BCUT2D eigenvalue weighted by Crippen LogP contribution is -2.24. The van der Waals surface area contributed by atoms with Gasteiger partial charge in [-0.25, -0.2) is 0 Å². The largest absolute Gasteiger partial charge is 0.375 e. The summed E-state index contributed by atoms with van der Waals surface area (Å²) in [6, 6.07) is 0. The molecule has 2 saturated carbocycles. The van der Waals surface area contributed by atoms with E-state index < -0.39 is 0 Å². The Kier molecular flexibility index (Phi) is 11.4. The Morgan fingerprint density at radius 2 is 1.00 bits per heavy atom. The molecule has 0 radical (unpaired) electrons. The lowest BCUT2D eigenvalue weighted by atomic mass is 10.0. The predicted octanol–water partition coefficient (Wildman–Crippen LogP) is 8.55. The zero-order valence-electron chi connectivity index (χ0n) is 19.2. The van der Waals surface area contributed by atoms with Crippen LogP contribution < -0.4 is 0 Å². The maximum atomic E-state index is 6.86. The van der Waals surface area contributed by atoms with Crippen molar-refractivity contribution in [2.75, 3.05) is 0 Å². The number of hydrogen-bond donors (Lipinski definition) is 0. The molecule has 6 unspecified atom stereocenters. The van der Waals surface area contributed by atoms with E-state index >= 15 is 0 Å². The zero-order valence-corrected chi connectivity index (χ0v) is 19.2. The van der Waals surface area contributed by atoms with Gasteiger partial charge in [-0.2, -0.15) is 0 Å². The molecule has 6 atom stereocenters. The van der Waals surface area contributed by atoms with Gasteiger partial charge in [0.25, 0.3) is 0 Å². The number of ether oxygens (including phenoxy) is 1. The number of unbranched alkanes of at least 4 members (excludes halogenated alkanes) is 8. The lowest BCUT2D eigenvalue weighted by molar-refractivity contribution is -0.0363. The molecule has 1 heteroatoms. The highest BCUT2D eigenvalue weighted by molar-refractivity contribution is 4.87. The van der Waals surface area contributed by atoms with Crippen molar-refractivity contribution in [3.05, 3.63) is 0 Å². The first-order valence-corrected chi connectivity index (χ1v) is 12.8. The highest BCUT2D eigenvalue weighted by atomic mass is 16.5. The fourth-order valence-electron chi connectivity index (χ4n) is 4.84. The molecule has 0 aromatic rings. The van der Waals surface area contributed by atoms with Gasteiger partial charge in [0.1, 0.15) is 0 Å². The first kappa shape index (κ1) is 23.2. The third-order valence-corrected chi connectivity index (χ3v) is 7.33. The summed E-state index contributed by atoms with van der Waals surface area (Å²) in [5.41, 5.74) is 0.